The van der Waals surface area contributed by atoms with Gasteiger partial charge in [-0.1, -0.05) is 20.4 Å². The van der Waals surface area contributed by atoms with Crippen molar-refractivity contribution in [3.8, 4) is 0 Å². The van der Waals surface area contributed by atoms with E-state index in [0.29, 0.717) is 5.92 Å². The predicted octanol–water partition coefficient (Wildman–Crippen LogP) is -2.99. The van der Waals surface area contributed by atoms with E-state index in [1.165, 1.54) is 0 Å². The van der Waals surface area contributed by atoms with Crippen molar-refractivity contribution in [3.63, 3.8) is 0 Å². The van der Waals surface area contributed by atoms with Crippen LogP contribution < -0.4 is 18.9 Å². The SMILES string of the molecule is COCC(C)C[S-].[Li+].[SH3+]. The van der Waals surface area contributed by atoms with Crippen LogP contribution in [0.5, 0.6) is 0 Å². The van der Waals surface area contributed by atoms with Crippen molar-refractivity contribution in [1.29, 1.82) is 0 Å². The Hall–Kier alpha value is 1.26. The molecule has 0 aromatic carbocycles. The van der Waals surface area contributed by atoms with E-state index in [4.69, 9.17) is 17.4 Å². The van der Waals surface area contributed by atoms with Crippen LogP contribution in [0.2, 0.25) is 0 Å². The number of hydrogen-bond acceptors (Lipinski definition) is 2. The summed E-state index contributed by atoms with van der Waals surface area (Å²) in [5, 5.41) is 0. The average Bonchev–Trinajstić information content (AvgIpc) is 1.68. The van der Waals surface area contributed by atoms with Crippen molar-refractivity contribution in [1.82, 2.24) is 0 Å². The summed E-state index contributed by atoms with van der Waals surface area (Å²) in [7, 11) is 1.70. The molecule has 0 saturated heterocycles. The van der Waals surface area contributed by atoms with Gasteiger partial charge in [0, 0.05) is 13.7 Å². The van der Waals surface area contributed by atoms with Crippen molar-refractivity contribution in [2.24, 2.45) is 5.92 Å². The molecule has 0 aliphatic carbocycles. The molecule has 0 rings (SSSR count). The van der Waals surface area contributed by atoms with Crippen LogP contribution in [0.15, 0.2) is 0 Å². The van der Waals surface area contributed by atoms with E-state index in [9.17, 15) is 0 Å². The van der Waals surface area contributed by atoms with Gasteiger partial charge in [-0.05, 0) is 5.92 Å². The molecule has 0 aromatic heterocycles. The molecular formula is C5H14LiOS2+. The van der Waals surface area contributed by atoms with Crippen LogP contribution in [0.4, 0.5) is 0 Å². The molecule has 4 heteroatoms. The average molecular weight is 161 g/mol. The molecule has 0 N–H and O–H groups in total. The number of ether oxygens (including phenoxy) is 1. The first-order valence-electron chi connectivity index (χ1n) is 2.38. The standard InChI is InChI=1S/C5H12OS.Li.H2S/c1-5(4-7)3-6-2;;/h5,7H,3-4H2,1-2H3;;1H2/q;+1;. The van der Waals surface area contributed by atoms with E-state index < -0.39 is 0 Å². The Morgan fingerprint density at radius 1 is 1.56 bits per heavy atom. The summed E-state index contributed by atoms with van der Waals surface area (Å²) in [5.41, 5.74) is 0. The minimum atomic E-state index is 0. The molecule has 0 heterocycles. The molecule has 0 bridgehead atoms. The van der Waals surface area contributed by atoms with Crippen molar-refractivity contribution in [2.45, 2.75) is 6.92 Å². The molecule has 9 heavy (non-hydrogen) atoms. The molecule has 0 saturated carbocycles. The fourth-order valence-corrected chi connectivity index (χ4v) is 0.429. The topological polar surface area (TPSA) is 9.23 Å². The minimum absolute atomic E-state index is 0. The molecule has 1 atom stereocenters. The monoisotopic (exact) mass is 161 g/mol. The summed E-state index contributed by atoms with van der Waals surface area (Å²) < 4.78 is 4.83. The van der Waals surface area contributed by atoms with Gasteiger partial charge >= 0.3 is 18.9 Å². The molecule has 0 aliphatic rings. The van der Waals surface area contributed by atoms with Gasteiger partial charge < -0.3 is 17.4 Å². The molecular weight excluding hydrogens is 147 g/mol. The van der Waals surface area contributed by atoms with Gasteiger partial charge in [0.25, 0.3) is 0 Å². The quantitative estimate of drug-likeness (QED) is 0.248. The molecule has 0 spiro atoms. The van der Waals surface area contributed by atoms with Gasteiger partial charge in [-0.25, -0.2) is 0 Å². The van der Waals surface area contributed by atoms with Gasteiger partial charge in [0.15, 0.2) is 0 Å². The van der Waals surface area contributed by atoms with E-state index in [0.717, 1.165) is 12.4 Å². The Morgan fingerprint density at radius 2 is 2.00 bits per heavy atom. The van der Waals surface area contributed by atoms with Gasteiger partial charge in [0.05, 0.1) is 0 Å². The Kier molecular flexibility index (Phi) is 22.2. The Bertz CT molecular complexity index is 45.9. The summed E-state index contributed by atoms with van der Waals surface area (Å²) in [5.74, 6) is 1.34. The van der Waals surface area contributed by atoms with Gasteiger partial charge in [0.1, 0.15) is 0 Å². The van der Waals surface area contributed by atoms with Crippen molar-refractivity contribution < 1.29 is 23.6 Å². The smallest absolute Gasteiger partial charge is 0.792 e. The number of methoxy groups -OCH3 is 1. The number of rotatable bonds is 3. The molecule has 0 aliphatic heterocycles. The zero-order valence-electron chi connectivity index (χ0n) is 6.39. The van der Waals surface area contributed by atoms with Crippen molar-refractivity contribution in [2.75, 3.05) is 19.5 Å². The fourth-order valence-electron chi connectivity index (χ4n) is 0.333. The van der Waals surface area contributed by atoms with Crippen LogP contribution in [-0.2, 0) is 30.9 Å². The van der Waals surface area contributed by atoms with Crippen LogP contribution in [-0.4, -0.2) is 19.5 Å². The number of hydrogen-bond donors (Lipinski definition) is 0. The third-order valence-electron chi connectivity index (χ3n) is 0.736. The van der Waals surface area contributed by atoms with Gasteiger partial charge in [0.2, 0.25) is 0 Å². The minimum Gasteiger partial charge on any atom is -0.792 e. The molecule has 0 fully saturated rings. The maximum absolute atomic E-state index is 4.83. The molecule has 52 valence electrons. The first-order valence-corrected chi connectivity index (χ1v) is 2.96. The molecule has 0 aromatic rings. The van der Waals surface area contributed by atoms with Crippen molar-refractivity contribution >= 4 is 26.1 Å². The van der Waals surface area contributed by atoms with Gasteiger partial charge in [-0.3, -0.25) is 0 Å². The third-order valence-corrected chi connectivity index (χ3v) is 1.30. The fraction of sp³-hybridized carbons (Fsp3) is 1.00. The van der Waals surface area contributed by atoms with E-state index >= 15 is 0 Å². The van der Waals surface area contributed by atoms with Gasteiger partial charge in [-0.2, -0.15) is 5.75 Å². The van der Waals surface area contributed by atoms with E-state index in [-0.39, 0.29) is 32.4 Å². The third kappa shape index (κ3) is 12.5. The predicted molar refractivity (Wildman–Crippen MR) is 44.8 cm³/mol. The molecule has 1 unspecified atom stereocenters. The van der Waals surface area contributed by atoms with Crippen LogP contribution in [0, 0.1) is 5.92 Å². The summed E-state index contributed by atoms with van der Waals surface area (Å²) >= 11 is 4.76. The summed E-state index contributed by atoms with van der Waals surface area (Å²) in [6, 6.07) is 0. The summed E-state index contributed by atoms with van der Waals surface area (Å²) in [6.07, 6.45) is 0. The van der Waals surface area contributed by atoms with E-state index in [1.807, 2.05) is 0 Å². The normalized spacial score (nSPS) is 11.0. The Labute approximate surface area is 82.0 Å². The van der Waals surface area contributed by atoms with Crippen LogP contribution in [0.25, 0.3) is 0 Å². The second-order valence-corrected chi connectivity index (χ2v) is 2.06. The largest absolute Gasteiger partial charge is 1.00 e. The molecule has 1 nitrogen and oxygen atoms in total. The first kappa shape index (κ1) is 16.7. The maximum atomic E-state index is 4.83. The maximum Gasteiger partial charge on any atom is 1.00 e. The van der Waals surface area contributed by atoms with Crippen LogP contribution in [0.3, 0.4) is 0 Å². The van der Waals surface area contributed by atoms with Crippen LogP contribution in [0.1, 0.15) is 6.92 Å². The second kappa shape index (κ2) is 12.0. The zero-order chi connectivity index (χ0) is 5.70. The zero-order valence-corrected chi connectivity index (χ0v) is 8.36. The molecule has 0 radical (unpaired) electrons. The summed E-state index contributed by atoms with van der Waals surface area (Å²) in [4.78, 5) is 0. The summed E-state index contributed by atoms with van der Waals surface area (Å²) in [6.45, 7) is 2.88. The Balaban J connectivity index is -0.000000180. The van der Waals surface area contributed by atoms with Crippen LogP contribution >= 0.6 is 0 Å². The van der Waals surface area contributed by atoms with E-state index in [1.54, 1.807) is 7.11 Å². The second-order valence-electron chi connectivity index (χ2n) is 1.73. The van der Waals surface area contributed by atoms with Gasteiger partial charge in [-0.15, -0.1) is 0 Å². The van der Waals surface area contributed by atoms with E-state index in [2.05, 4.69) is 6.92 Å². The van der Waals surface area contributed by atoms with Crippen molar-refractivity contribution in [3.05, 3.63) is 0 Å². The first-order chi connectivity index (χ1) is 3.31. The Morgan fingerprint density at radius 3 is 2.11 bits per heavy atom. The molecule has 0 amide bonds.